The number of ether oxygens (including phenoxy) is 2. The quantitative estimate of drug-likeness (QED) is 0.446. The Hall–Kier alpha value is -1.44. The van der Waals surface area contributed by atoms with Gasteiger partial charge < -0.3 is 20.5 Å². The van der Waals surface area contributed by atoms with E-state index in [2.05, 4.69) is 18.0 Å². The van der Waals surface area contributed by atoms with Crippen LogP contribution in [0.2, 0.25) is 0 Å². The number of nitriles is 2. The van der Waals surface area contributed by atoms with Gasteiger partial charge in [-0.05, 0) is 39.8 Å². The largest absolute Gasteiger partial charge is 0.382 e. The summed E-state index contributed by atoms with van der Waals surface area (Å²) in [6.07, 6.45) is 3.78. The molecule has 0 saturated heterocycles. The molecule has 0 unspecified atom stereocenters. The monoisotopic (exact) mass is 312 g/mol. The second-order valence-electron chi connectivity index (χ2n) is 3.88. The Morgan fingerprint density at radius 3 is 2.05 bits per heavy atom. The van der Waals surface area contributed by atoms with Gasteiger partial charge in [0.25, 0.3) is 0 Å². The van der Waals surface area contributed by atoms with Gasteiger partial charge in [0.15, 0.2) is 0 Å². The maximum atomic E-state index is 8.19. The van der Waals surface area contributed by atoms with E-state index in [1.807, 2.05) is 13.8 Å². The van der Waals surface area contributed by atoms with E-state index < -0.39 is 0 Å². The van der Waals surface area contributed by atoms with Gasteiger partial charge in [0, 0.05) is 45.5 Å². The summed E-state index contributed by atoms with van der Waals surface area (Å²) in [5.74, 6) is 0. The number of nitrogens with one attached hydrogen (secondary N) is 1. The molecule has 0 atom stereocenters. The first kappa shape index (κ1) is 25.5. The minimum absolute atomic E-state index is 0.592. The maximum absolute atomic E-state index is 8.19. The van der Waals surface area contributed by atoms with Crippen molar-refractivity contribution in [2.24, 2.45) is 5.73 Å². The summed E-state index contributed by atoms with van der Waals surface area (Å²) in [7, 11) is 0. The van der Waals surface area contributed by atoms with Crippen molar-refractivity contribution in [1.29, 1.82) is 10.5 Å². The van der Waals surface area contributed by atoms with Gasteiger partial charge in [0.1, 0.15) is 0 Å². The summed E-state index contributed by atoms with van der Waals surface area (Å²) < 4.78 is 10.1. The van der Waals surface area contributed by atoms with Crippen molar-refractivity contribution in [2.45, 2.75) is 33.1 Å². The third-order valence-electron chi connectivity index (χ3n) is 2.05. The molecule has 3 N–H and O–H groups in total. The van der Waals surface area contributed by atoms with Gasteiger partial charge in [-0.15, -0.1) is 0 Å². The van der Waals surface area contributed by atoms with Crippen LogP contribution in [-0.2, 0) is 9.47 Å². The lowest BCUT2D eigenvalue weighted by atomic mass is 10.4. The van der Waals surface area contributed by atoms with E-state index in [0.29, 0.717) is 6.42 Å². The topological polar surface area (TPSA) is 104 Å². The molecule has 0 heterocycles. The van der Waals surface area contributed by atoms with Crippen LogP contribution in [0.4, 0.5) is 0 Å². The second-order valence-corrected chi connectivity index (χ2v) is 3.88. The lowest BCUT2D eigenvalue weighted by Crippen LogP contribution is -2.17. The predicted molar refractivity (Wildman–Crippen MR) is 90.2 cm³/mol. The molecule has 6 heteroatoms. The smallest absolute Gasteiger partial charge is 0.0905 e. The molecule has 0 radical (unpaired) electrons. The van der Waals surface area contributed by atoms with Crippen molar-refractivity contribution in [3.05, 3.63) is 12.7 Å². The number of rotatable bonds is 11. The second kappa shape index (κ2) is 31.8. The Bertz CT molecular complexity index is 268. The van der Waals surface area contributed by atoms with Crippen molar-refractivity contribution < 1.29 is 9.47 Å². The first-order chi connectivity index (χ1) is 10.7. The third-order valence-corrected chi connectivity index (χ3v) is 2.05. The number of hydrogen-bond donors (Lipinski definition) is 2. The summed E-state index contributed by atoms with van der Waals surface area (Å²) in [6.45, 7) is 12.8. The highest BCUT2D eigenvalue weighted by atomic mass is 16.5. The normalized spacial score (nSPS) is 8.41. The lowest BCUT2D eigenvalue weighted by molar-refractivity contribution is 0.145. The van der Waals surface area contributed by atoms with Crippen LogP contribution >= 0.6 is 0 Å². The van der Waals surface area contributed by atoms with Gasteiger partial charge in [0.2, 0.25) is 0 Å². The maximum Gasteiger partial charge on any atom is 0.0905 e. The molecule has 0 spiro atoms. The van der Waals surface area contributed by atoms with Crippen LogP contribution in [0.3, 0.4) is 0 Å². The van der Waals surface area contributed by atoms with Crippen LogP contribution in [0.5, 0.6) is 0 Å². The van der Waals surface area contributed by atoms with Crippen molar-refractivity contribution in [2.75, 3.05) is 46.1 Å². The molecule has 0 aliphatic heterocycles. The molecule has 0 fully saturated rings. The minimum Gasteiger partial charge on any atom is -0.382 e. The SMILES string of the molecule is C=CC#N.CCOCCCN.CCOCCCNCCC#N. The molecular weight excluding hydrogens is 280 g/mol. The van der Waals surface area contributed by atoms with E-state index in [9.17, 15) is 0 Å². The van der Waals surface area contributed by atoms with Crippen LogP contribution in [-0.4, -0.2) is 46.1 Å². The summed E-state index contributed by atoms with van der Waals surface area (Å²) in [4.78, 5) is 0. The van der Waals surface area contributed by atoms with Gasteiger partial charge in [-0.1, -0.05) is 6.58 Å². The van der Waals surface area contributed by atoms with Crippen molar-refractivity contribution in [3.8, 4) is 12.1 Å². The third kappa shape index (κ3) is 42.8. The molecule has 6 nitrogen and oxygen atoms in total. The fourth-order valence-corrected chi connectivity index (χ4v) is 1.04. The molecule has 0 aromatic carbocycles. The fourth-order valence-electron chi connectivity index (χ4n) is 1.04. The van der Waals surface area contributed by atoms with Crippen molar-refractivity contribution in [1.82, 2.24) is 5.32 Å². The molecule has 0 amide bonds. The highest BCUT2D eigenvalue weighted by Crippen LogP contribution is 1.80. The Kier molecular flexibility index (Phi) is 36.9. The molecule has 0 aliphatic carbocycles. The molecule has 0 aromatic heterocycles. The van der Waals surface area contributed by atoms with E-state index in [-0.39, 0.29) is 0 Å². The van der Waals surface area contributed by atoms with E-state index >= 15 is 0 Å². The van der Waals surface area contributed by atoms with Crippen LogP contribution in [0.25, 0.3) is 0 Å². The molecule has 0 saturated carbocycles. The molecule has 0 aromatic rings. The van der Waals surface area contributed by atoms with E-state index in [4.69, 9.17) is 25.7 Å². The summed E-state index contributed by atoms with van der Waals surface area (Å²) in [6, 6.07) is 3.77. The Labute approximate surface area is 135 Å². The molecule has 0 rings (SSSR count). The van der Waals surface area contributed by atoms with Crippen molar-refractivity contribution >= 4 is 0 Å². The van der Waals surface area contributed by atoms with Crippen LogP contribution in [0, 0.1) is 22.7 Å². The molecule has 128 valence electrons. The Balaban J connectivity index is -0.000000280. The molecule has 22 heavy (non-hydrogen) atoms. The molecule has 0 aliphatic rings. The summed E-state index contributed by atoms with van der Waals surface area (Å²) in [5.41, 5.74) is 5.19. The highest BCUT2D eigenvalue weighted by molar-refractivity contribution is 4.93. The van der Waals surface area contributed by atoms with Crippen LogP contribution in [0.15, 0.2) is 12.7 Å². The predicted octanol–water partition coefficient (Wildman–Crippen LogP) is 1.98. The van der Waals surface area contributed by atoms with Gasteiger partial charge in [0.05, 0.1) is 12.1 Å². The van der Waals surface area contributed by atoms with Gasteiger partial charge in [-0.25, -0.2) is 0 Å². The van der Waals surface area contributed by atoms with E-state index in [1.165, 1.54) is 6.08 Å². The van der Waals surface area contributed by atoms with Crippen molar-refractivity contribution in [3.63, 3.8) is 0 Å². The summed E-state index contributed by atoms with van der Waals surface area (Å²) in [5, 5.41) is 18.8. The fraction of sp³-hybridized carbons (Fsp3) is 0.750. The average Bonchev–Trinajstić information content (AvgIpc) is 2.55. The van der Waals surface area contributed by atoms with E-state index in [1.54, 1.807) is 6.07 Å². The minimum atomic E-state index is 0.592. The lowest BCUT2D eigenvalue weighted by Gasteiger charge is -2.01. The molecular formula is C16H32N4O2. The molecule has 0 bridgehead atoms. The number of hydrogen-bond acceptors (Lipinski definition) is 6. The zero-order chi connectivity index (χ0) is 17.3. The standard InChI is InChI=1S/C8H16N2O.C5H13NO.C3H3N/c1-2-11-8-4-7-10-6-3-5-9;1-2-7-5-3-4-6;1-2-3-4/h10H,2-4,6-8H2,1H3;2-6H2,1H3;2H,1H2. The zero-order valence-electron chi connectivity index (χ0n) is 14.1. The number of nitrogens with zero attached hydrogens (tertiary/aromatic N) is 2. The Morgan fingerprint density at radius 2 is 1.64 bits per heavy atom. The Morgan fingerprint density at radius 1 is 1.09 bits per heavy atom. The van der Waals surface area contributed by atoms with Crippen LogP contribution in [0.1, 0.15) is 33.1 Å². The summed E-state index contributed by atoms with van der Waals surface area (Å²) >= 11 is 0. The highest BCUT2D eigenvalue weighted by Gasteiger charge is 1.86. The number of nitrogens with two attached hydrogens (primary N) is 1. The zero-order valence-corrected chi connectivity index (χ0v) is 14.1. The average molecular weight is 312 g/mol. The van der Waals surface area contributed by atoms with Gasteiger partial charge in [-0.3, -0.25) is 0 Å². The number of allylic oxidation sites excluding steroid dienone is 1. The first-order valence-corrected chi connectivity index (χ1v) is 7.68. The van der Waals surface area contributed by atoms with Gasteiger partial charge in [-0.2, -0.15) is 10.5 Å². The first-order valence-electron chi connectivity index (χ1n) is 7.68. The van der Waals surface area contributed by atoms with E-state index in [0.717, 1.165) is 58.9 Å². The van der Waals surface area contributed by atoms with Crippen LogP contribution < -0.4 is 11.1 Å². The van der Waals surface area contributed by atoms with Gasteiger partial charge >= 0.3 is 0 Å².